The molecule has 0 aliphatic heterocycles. The van der Waals surface area contributed by atoms with E-state index in [1.165, 1.54) is 19.3 Å². The SMILES string of the molecule is C=CC.CC.CC.CC(=O)[C@H](CCC1CCC1)C(C)C(N)=O. The molecule has 0 aromatic rings. The molecule has 1 aliphatic rings. The number of rotatable bonds is 6. The number of hydrogen-bond donors (Lipinski definition) is 1. The van der Waals surface area contributed by atoms with E-state index in [0.29, 0.717) is 0 Å². The Kier molecular flexibility index (Phi) is 21.0. The average Bonchev–Trinajstić information content (AvgIpc) is 2.45. The highest BCUT2D eigenvalue weighted by molar-refractivity contribution is 5.86. The number of carbonyl (C=O) groups excluding carboxylic acids is 2. The number of Topliss-reactive ketones (excluding diaryl/α,β-unsaturated/α-hetero) is 1. The van der Waals surface area contributed by atoms with Crippen LogP contribution in [0.2, 0.25) is 0 Å². The Hall–Kier alpha value is -1.12. The average molecular weight is 314 g/mol. The van der Waals surface area contributed by atoms with Crippen molar-refractivity contribution in [3.63, 3.8) is 0 Å². The molecule has 3 heteroatoms. The van der Waals surface area contributed by atoms with Crippen molar-refractivity contribution in [2.24, 2.45) is 23.5 Å². The fourth-order valence-electron chi connectivity index (χ4n) is 2.20. The minimum Gasteiger partial charge on any atom is -0.369 e. The molecular weight excluding hydrogens is 274 g/mol. The zero-order chi connectivity index (χ0) is 18.1. The van der Waals surface area contributed by atoms with Gasteiger partial charge in [0.05, 0.1) is 0 Å². The van der Waals surface area contributed by atoms with E-state index < -0.39 is 0 Å². The normalized spacial score (nSPS) is 15.0. The number of ketones is 1. The fraction of sp³-hybridized carbons (Fsp3) is 0.789. The Morgan fingerprint density at radius 1 is 1.23 bits per heavy atom. The highest BCUT2D eigenvalue weighted by atomic mass is 16.1. The maximum Gasteiger partial charge on any atom is 0.220 e. The summed E-state index contributed by atoms with van der Waals surface area (Å²) in [5, 5.41) is 0. The third kappa shape index (κ3) is 12.6. The number of carbonyl (C=O) groups is 2. The van der Waals surface area contributed by atoms with Crippen LogP contribution < -0.4 is 5.73 Å². The second-order valence-corrected chi connectivity index (χ2v) is 5.19. The van der Waals surface area contributed by atoms with Crippen LogP contribution in [0.15, 0.2) is 12.7 Å². The van der Waals surface area contributed by atoms with Crippen LogP contribution in [-0.2, 0) is 9.59 Å². The van der Waals surface area contributed by atoms with E-state index in [1.807, 2.05) is 34.6 Å². The van der Waals surface area contributed by atoms with Crippen molar-refractivity contribution in [2.45, 2.75) is 80.6 Å². The van der Waals surface area contributed by atoms with Gasteiger partial charge < -0.3 is 5.73 Å². The molecular formula is C19H39NO2. The predicted octanol–water partition coefficient (Wildman–Crippen LogP) is 5.14. The number of primary amides is 1. The summed E-state index contributed by atoms with van der Waals surface area (Å²) in [6.07, 6.45) is 7.54. The van der Waals surface area contributed by atoms with Gasteiger partial charge in [0.1, 0.15) is 5.78 Å². The van der Waals surface area contributed by atoms with E-state index in [4.69, 9.17) is 5.73 Å². The smallest absolute Gasteiger partial charge is 0.220 e. The first-order chi connectivity index (χ1) is 10.4. The minimum atomic E-state index is -0.358. The molecule has 1 unspecified atom stereocenters. The monoisotopic (exact) mass is 313 g/mol. The maximum atomic E-state index is 11.4. The van der Waals surface area contributed by atoms with Crippen molar-refractivity contribution >= 4 is 11.7 Å². The Labute approximate surface area is 138 Å². The molecule has 0 aromatic heterocycles. The second-order valence-electron chi connectivity index (χ2n) is 5.19. The largest absolute Gasteiger partial charge is 0.369 e. The molecule has 0 radical (unpaired) electrons. The van der Waals surface area contributed by atoms with E-state index in [2.05, 4.69) is 6.58 Å². The molecule has 2 atom stereocenters. The van der Waals surface area contributed by atoms with Gasteiger partial charge in [-0.25, -0.2) is 0 Å². The molecule has 3 nitrogen and oxygen atoms in total. The topological polar surface area (TPSA) is 60.2 Å². The number of nitrogens with two attached hydrogens (primary N) is 1. The molecule has 2 N–H and O–H groups in total. The van der Waals surface area contributed by atoms with Gasteiger partial charge >= 0.3 is 0 Å². The summed E-state index contributed by atoms with van der Waals surface area (Å²) in [4.78, 5) is 22.4. The highest BCUT2D eigenvalue weighted by Gasteiger charge is 2.27. The molecule has 1 rings (SSSR count). The van der Waals surface area contributed by atoms with E-state index in [9.17, 15) is 9.59 Å². The second kappa shape index (κ2) is 17.9. The van der Waals surface area contributed by atoms with Crippen LogP contribution in [-0.4, -0.2) is 11.7 Å². The summed E-state index contributed by atoms with van der Waals surface area (Å²) in [5.74, 6) is 0.0436. The summed E-state index contributed by atoms with van der Waals surface area (Å²) in [5.41, 5.74) is 5.24. The molecule has 1 amide bonds. The molecule has 1 saturated carbocycles. The van der Waals surface area contributed by atoms with Gasteiger partial charge in [0.2, 0.25) is 5.91 Å². The van der Waals surface area contributed by atoms with Crippen molar-refractivity contribution in [1.29, 1.82) is 0 Å². The molecule has 1 fully saturated rings. The summed E-state index contributed by atoms with van der Waals surface area (Å²) in [6.45, 7) is 16.6. The van der Waals surface area contributed by atoms with E-state index in [1.54, 1.807) is 19.9 Å². The summed E-state index contributed by atoms with van der Waals surface area (Å²) in [7, 11) is 0. The van der Waals surface area contributed by atoms with Crippen molar-refractivity contribution in [2.75, 3.05) is 0 Å². The highest BCUT2D eigenvalue weighted by Crippen LogP contribution is 2.33. The van der Waals surface area contributed by atoms with Crippen LogP contribution in [0.3, 0.4) is 0 Å². The summed E-state index contributed by atoms with van der Waals surface area (Å²) in [6, 6.07) is 0. The first-order valence-corrected chi connectivity index (χ1v) is 8.80. The van der Waals surface area contributed by atoms with E-state index >= 15 is 0 Å². The first kappa shape index (κ1) is 25.8. The number of amides is 1. The molecule has 132 valence electrons. The molecule has 0 bridgehead atoms. The molecule has 22 heavy (non-hydrogen) atoms. The van der Waals surface area contributed by atoms with E-state index in [-0.39, 0.29) is 23.5 Å². The number of hydrogen-bond acceptors (Lipinski definition) is 2. The van der Waals surface area contributed by atoms with Gasteiger partial charge in [-0.05, 0) is 32.6 Å². The van der Waals surface area contributed by atoms with Crippen molar-refractivity contribution in [3.05, 3.63) is 12.7 Å². The maximum absolute atomic E-state index is 11.4. The third-order valence-electron chi connectivity index (χ3n) is 3.69. The van der Waals surface area contributed by atoms with Crippen LogP contribution in [0.25, 0.3) is 0 Å². The Bertz CT molecular complexity index is 283. The van der Waals surface area contributed by atoms with Crippen LogP contribution in [0.5, 0.6) is 0 Å². The summed E-state index contributed by atoms with van der Waals surface area (Å²) < 4.78 is 0. The standard InChI is InChI=1S/C12H21NO2.C3H6.2C2H6/c1-8(12(13)15)11(9(2)14)7-6-10-4-3-5-10;1-3-2;2*1-2/h8,10-11H,3-7H2,1-2H3,(H2,13,15);3H,1H2,2H3;2*1-2H3/t8?,11-;;;/m1.../s1. The van der Waals surface area contributed by atoms with Gasteiger partial charge in [-0.1, -0.05) is 60.0 Å². The Morgan fingerprint density at radius 3 is 1.86 bits per heavy atom. The predicted molar refractivity (Wildman–Crippen MR) is 97.7 cm³/mol. The fourth-order valence-corrected chi connectivity index (χ4v) is 2.20. The lowest BCUT2D eigenvalue weighted by atomic mass is 9.77. The van der Waals surface area contributed by atoms with Gasteiger partial charge in [0.25, 0.3) is 0 Å². The number of allylic oxidation sites excluding steroid dienone is 1. The van der Waals surface area contributed by atoms with Gasteiger partial charge in [-0.3, -0.25) is 9.59 Å². The van der Waals surface area contributed by atoms with Gasteiger partial charge in [-0.15, -0.1) is 6.58 Å². The van der Waals surface area contributed by atoms with Crippen molar-refractivity contribution in [3.8, 4) is 0 Å². The quantitative estimate of drug-likeness (QED) is 0.690. The van der Waals surface area contributed by atoms with E-state index in [0.717, 1.165) is 18.8 Å². The van der Waals surface area contributed by atoms with Crippen molar-refractivity contribution in [1.82, 2.24) is 0 Å². The molecule has 0 spiro atoms. The molecule has 0 aromatic carbocycles. The summed E-state index contributed by atoms with van der Waals surface area (Å²) >= 11 is 0. The van der Waals surface area contributed by atoms with Gasteiger partial charge in [-0.2, -0.15) is 0 Å². The van der Waals surface area contributed by atoms with Gasteiger partial charge in [0, 0.05) is 11.8 Å². The van der Waals surface area contributed by atoms with Crippen LogP contribution in [0.4, 0.5) is 0 Å². The van der Waals surface area contributed by atoms with Crippen LogP contribution in [0, 0.1) is 17.8 Å². The Balaban J connectivity index is -0.000000446. The zero-order valence-corrected chi connectivity index (χ0v) is 15.9. The van der Waals surface area contributed by atoms with Crippen LogP contribution >= 0.6 is 0 Å². The minimum absolute atomic E-state index is 0.0978. The lowest BCUT2D eigenvalue weighted by Crippen LogP contribution is -2.32. The zero-order valence-electron chi connectivity index (χ0n) is 15.9. The third-order valence-corrected chi connectivity index (χ3v) is 3.69. The first-order valence-electron chi connectivity index (χ1n) is 8.80. The molecule has 0 saturated heterocycles. The Morgan fingerprint density at radius 2 is 1.64 bits per heavy atom. The lowest BCUT2D eigenvalue weighted by Gasteiger charge is -2.27. The van der Waals surface area contributed by atoms with Gasteiger partial charge in [0.15, 0.2) is 0 Å². The van der Waals surface area contributed by atoms with Crippen LogP contribution in [0.1, 0.15) is 80.6 Å². The lowest BCUT2D eigenvalue weighted by molar-refractivity contribution is -0.130. The van der Waals surface area contributed by atoms with Crippen molar-refractivity contribution < 1.29 is 9.59 Å². The molecule has 1 aliphatic carbocycles. The molecule has 0 heterocycles.